The van der Waals surface area contributed by atoms with Crippen molar-refractivity contribution in [2.45, 2.75) is 26.8 Å². The van der Waals surface area contributed by atoms with Crippen molar-refractivity contribution >= 4 is 16.8 Å². The van der Waals surface area contributed by atoms with E-state index < -0.39 is 0 Å². The lowest BCUT2D eigenvalue weighted by atomic mass is 10.1. The summed E-state index contributed by atoms with van der Waals surface area (Å²) in [7, 11) is 4.77. The van der Waals surface area contributed by atoms with Crippen LogP contribution in [0.4, 0.5) is 0 Å². The van der Waals surface area contributed by atoms with E-state index >= 15 is 0 Å². The van der Waals surface area contributed by atoms with Crippen LogP contribution in [0.2, 0.25) is 0 Å². The molecule has 35 heavy (non-hydrogen) atoms. The van der Waals surface area contributed by atoms with Gasteiger partial charge in [-0.25, -0.2) is 0 Å². The molecule has 6 nitrogen and oxygen atoms in total. The molecule has 0 unspecified atom stereocenters. The van der Waals surface area contributed by atoms with Crippen molar-refractivity contribution in [2.24, 2.45) is 0 Å². The Morgan fingerprint density at radius 3 is 2.31 bits per heavy atom. The standard InChI is InChI=1S/C29H32N2O4/c1-19-20(2)31(18-21-9-7-6-8-10-21)25-13-11-23(17-24(19)25)29(32)30-16-15-22-12-14-26(33-3)28(35-5)27(22)34-4/h6-14,17H,15-16,18H2,1-5H3,(H,30,32). The van der Waals surface area contributed by atoms with E-state index in [0.717, 1.165) is 23.0 Å². The molecule has 6 heteroatoms. The van der Waals surface area contributed by atoms with Gasteiger partial charge in [0.1, 0.15) is 0 Å². The lowest BCUT2D eigenvalue weighted by molar-refractivity contribution is 0.0954. The highest BCUT2D eigenvalue weighted by molar-refractivity contribution is 5.99. The van der Waals surface area contributed by atoms with Crippen molar-refractivity contribution in [3.63, 3.8) is 0 Å². The van der Waals surface area contributed by atoms with Gasteiger partial charge in [0.05, 0.1) is 21.3 Å². The Morgan fingerprint density at radius 1 is 0.886 bits per heavy atom. The molecule has 0 aliphatic heterocycles. The number of rotatable bonds is 9. The van der Waals surface area contributed by atoms with Crippen molar-refractivity contribution in [3.8, 4) is 17.2 Å². The molecule has 1 heterocycles. The minimum absolute atomic E-state index is 0.0980. The first-order chi connectivity index (χ1) is 17.0. The summed E-state index contributed by atoms with van der Waals surface area (Å²) in [6.45, 7) is 5.52. The van der Waals surface area contributed by atoms with Crippen LogP contribution in [0.1, 0.15) is 32.7 Å². The van der Waals surface area contributed by atoms with E-state index in [0.29, 0.717) is 35.8 Å². The fourth-order valence-corrected chi connectivity index (χ4v) is 4.53. The molecular weight excluding hydrogens is 440 g/mol. The Labute approximate surface area is 206 Å². The summed E-state index contributed by atoms with van der Waals surface area (Å²) in [6.07, 6.45) is 0.600. The molecule has 0 radical (unpaired) electrons. The van der Waals surface area contributed by atoms with Crippen molar-refractivity contribution in [3.05, 3.63) is 88.6 Å². The van der Waals surface area contributed by atoms with E-state index in [1.54, 1.807) is 21.3 Å². The SMILES string of the molecule is COc1ccc(CCNC(=O)c2ccc3c(c2)c(C)c(C)n3Cc2ccccc2)c(OC)c1OC. The van der Waals surface area contributed by atoms with E-state index in [9.17, 15) is 4.79 Å². The Morgan fingerprint density at radius 2 is 1.63 bits per heavy atom. The number of hydrogen-bond acceptors (Lipinski definition) is 4. The number of fused-ring (bicyclic) bond motifs is 1. The van der Waals surface area contributed by atoms with Gasteiger partial charge < -0.3 is 24.1 Å². The second kappa shape index (κ2) is 10.6. The average Bonchev–Trinajstić information content (AvgIpc) is 3.12. The number of nitrogens with zero attached hydrogens (tertiary/aromatic N) is 1. The largest absolute Gasteiger partial charge is 0.493 e. The molecule has 3 aromatic carbocycles. The average molecular weight is 473 g/mol. The van der Waals surface area contributed by atoms with Gasteiger partial charge in [0.2, 0.25) is 5.75 Å². The van der Waals surface area contributed by atoms with Crippen LogP contribution in [-0.2, 0) is 13.0 Å². The molecule has 1 aromatic heterocycles. The second-order valence-corrected chi connectivity index (χ2v) is 8.51. The zero-order valence-electron chi connectivity index (χ0n) is 21.0. The van der Waals surface area contributed by atoms with Gasteiger partial charge in [0.15, 0.2) is 11.5 Å². The van der Waals surface area contributed by atoms with Crippen LogP contribution in [0.15, 0.2) is 60.7 Å². The van der Waals surface area contributed by atoms with Crippen LogP contribution in [-0.4, -0.2) is 38.3 Å². The molecule has 0 aliphatic carbocycles. The number of ether oxygens (including phenoxy) is 3. The van der Waals surface area contributed by atoms with E-state index in [1.807, 2.05) is 36.4 Å². The number of methoxy groups -OCH3 is 3. The van der Waals surface area contributed by atoms with Crippen molar-refractivity contribution < 1.29 is 19.0 Å². The smallest absolute Gasteiger partial charge is 0.251 e. The van der Waals surface area contributed by atoms with Crippen LogP contribution >= 0.6 is 0 Å². The van der Waals surface area contributed by atoms with Crippen LogP contribution < -0.4 is 19.5 Å². The molecule has 0 aliphatic rings. The molecule has 4 rings (SSSR count). The Bertz CT molecular complexity index is 1340. The van der Waals surface area contributed by atoms with Gasteiger partial charge in [-0.15, -0.1) is 0 Å². The molecule has 0 spiro atoms. The maximum atomic E-state index is 13.0. The van der Waals surface area contributed by atoms with Gasteiger partial charge in [-0.05, 0) is 55.7 Å². The normalized spacial score (nSPS) is 10.9. The van der Waals surface area contributed by atoms with Crippen LogP contribution in [0, 0.1) is 13.8 Å². The van der Waals surface area contributed by atoms with Crippen molar-refractivity contribution in [1.82, 2.24) is 9.88 Å². The molecule has 0 atom stereocenters. The minimum Gasteiger partial charge on any atom is -0.493 e. The minimum atomic E-state index is -0.0980. The summed E-state index contributed by atoms with van der Waals surface area (Å²) in [5, 5.41) is 4.14. The first kappa shape index (κ1) is 24.2. The van der Waals surface area contributed by atoms with Crippen LogP contribution in [0.3, 0.4) is 0 Å². The summed E-state index contributed by atoms with van der Waals surface area (Å²) in [6, 6.07) is 20.1. The van der Waals surface area contributed by atoms with Crippen molar-refractivity contribution in [2.75, 3.05) is 27.9 Å². The number of benzene rings is 3. The van der Waals surface area contributed by atoms with E-state index in [1.165, 1.54) is 16.8 Å². The zero-order chi connectivity index (χ0) is 24.9. The lowest BCUT2D eigenvalue weighted by Gasteiger charge is -2.16. The molecule has 0 bridgehead atoms. The highest BCUT2D eigenvalue weighted by atomic mass is 16.5. The Kier molecular flexibility index (Phi) is 7.30. The maximum Gasteiger partial charge on any atom is 0.251 e. The summed E-state index contributed by atoms with van der Waals surface area (Å²) in [4.78, 5) is 13.0. The van der Waals surface area contributed by atoms with Gasteiger partial charge in [0.25, 0.3) is 5.91 Å². The molecule has 0 saturated carbocycles. The van der Waals surface area contributed by atoms with Crippen LogP contribution in [0.25, 0.3) is 10.9 Å². The zero-order valence-corrected chi connectivity index (χ0v) is 21.0. The van der Waals surface area contributed by atoms with Gasteiger partial charge in [-0.3, -0.25) is 4.79 Å². The highest BCUT2D eigenvalue weighted by Crippen LogP contribution is 2.39. The number of aromatic nitrogens is 1. The maximum absolute atomic E-state index is 13.0. The predicted molar refractivity (Wildman–Crippen MR) is 139 cm³/mol. The fraction of sp³-hybridized carbons (Fsp3) is 0.276. The quantitative estimate of drug-likeness (QED) is 0.359. The number of carbonyl (C=O) groups excluding carboxylic acids is 1. The third-order valence-corrected chi connectivity index (χ3v) is 6.55. The lowest BCUT2D eigenvalue weighted by Crippen LogP contribution is -2.25. The van der Waals surface area contributed by atoms with Crippen LogP contribution in [0.5, 0.6) is 17.2 Å². The molecule has 4 aromatic rings. The predicted octanol–water partition coefficient (Wildman–Crippen LogP) is 5.30. The highest BCUT2D eigenvalue weighted by Gasteiger charge is 2.17. The Hall–Kier alpha value is -3.93. The molecule has 0 saturated heterocycles. The first-order valence-electron chi connectivity index (χ1n) is 11.7. The number of aryl methyl sites for hydroxylation is 1. The summed E-state index contributed by atoms with van der Waals surface area (Å²) >= 11 is 0. The third-order valence-electron chi connectivity index (χ3n) is 6.55. The third kappa shape index (κ3) is 4.83. The monoisotopic (exact) mass is 472 g/mol. The molecule has 0 fully saturated rings. The Balaban J connectivity index is 1.50. The molecule has 1 amide bonds. The van der Waals surface area contributed by atoms with Gasteiger partial charge in [0, 0.05) is 40.8 Å². The number of hydrogen-bond donors (Lipinski definition) is 1. The number of amides is 1. The van der Waals surface area contributed by atoms with Gasteiger partial charge >= 0.3 is 0 Å². The van der Waals surface area contributed by atoms with E-state index in [-0.39, 0.29) is 5.91 Å². The first-order valence-corrected chi connectivity index (χ1v) is 11.7. The van der Waals surface area contributed by atoms with Gasteiger partial charge in [-0.1, -0.05) is 36.4 Å². The van der Waals surface area contributed by atoms with E-state index in [2.05, 4.69) is 48.0 Å². The molecule has 182 valence electrons. The molecule has 1 N–H and O–H groups in total. The molecular formula is C29H32N2O4. The van der Waals surface area contributed by atoms with Gasteiger partial charge in [-0.2, -0.15) is 0 Å². The number of nitrogens with one attached hydrogen (secondary N) is 1. The second-order valence-electron chi connectivity index (χ2n) is 8.51. The fourth-order valence-electron chi connectivity index (χ4n) is 4.53. The van der Waals surface area contributed by atoms with Crippen molar-refractivity contribution in [1.29, 1.82) is 0 Å². The number of carbonyl (C=O) groups is 1. The summed E-state index contributed by atoms with van der Waals surface area (Å²) in [5.41, 5.74) is 6.38. The summed E-state index contributed by atoms with van der Waals surface area (Å²) in [5.74, 6) is 1.68. The topological polar surface area (TPSA) is 61.7 Å². The van der Waals surface area contributed by atoms with E-state index in [4.69, 9.17) is 14.2 Å². The summed E-state index contributed by atoms with van der Waals surface area (Å²) < 4.78 is 18.7.